The summed E-state index contributed by atoms with van der Waals surface area (Å²) in [5, 5.41) is 18.0. The molecule has 2 N–H and O–H groups in total. The molecule has 2 aromatic heterocycles. The molecule has 0 aromatic carbocycles. The number of aryl methyl sites for hydroxylation is 2. The molecule has 0 fully saturated rings. The number of carboxylic acid groups (broad SMARTS) is 2. The Morgan fingerprint density at radius 1 is 0.643 bits per heavy atom. The maximum Gasteiger partial charge on any atom is 0.341 e. The van der Waals surface area contributed by atoms with Gasteiger partial charge in [0.2, 0.25) is 0 Å². The third-order valence-electron chi connectivity index (χ3n) is 4.79. The molecule has 0 unspecified atom stereocenters. The van der Waals surface area contributed by atoms with Crippen LogP contribution in [-0.4, -0.2) is 22.2 Å². The Hall–Kier alpha value is -2.76. The van der Waals surface area contributed by atoms with E-state index in [-0.39, 0.29) is 0 Å². The largest absolute Gasteiger partial charge is 0.477 e. The molecule has 0 saturated carbocycles. The average molecular weight is 386 g/mol. The van der Waals surface area contributed by atoms with Crippen LogP contribution in [0.2, 0.25) is 0 Å². The van der Waals surface area contributed by atoms with E-state index < -0.39 is 11.9 Å². The Morgan fingerprint density at radius 2 is 1.00 bits per heavy atom. The van der Waals surface area contributed by atoms with E-state index in [1.807, 2.05) is 21.5 Å². The van der Waals surface area contributed by atoms with Crippen LogP contribution in [0, 0.1) is 0 Å². The fraction of sp³-hybridized carbons (Fsp3) is 0.455. The van der Waals surface area contributed by atoms with E-state index in [1.54, 1.807) is 36.7 Å². The van der Waals surface area contributed by atoms with E-state index in [2.05, 4.69) is 0 Å². The molecule has 0 aliphatic carbocycles. The Bertz CT molecular complexity index is 711. The molecule has 0 bridgehead atoms. The van der Waals surface area contributed by atoms with Gasteiger partial charge in [0.05, 0.1) is 0 Å². The van der Waals surface area contributed by atoms with Crippen LogP contribution < -0.4 is 9.13 Å². The molecule has 0 atom stereocenters. The minimum absolute atomic E-state index is 0.329. The summed E-state index contributed by atoms with van der Waals surface area (Å²) in [4.78, 5) is 21.9. The number of nitrogens with zero attached hydrogens (tertiary/aromatic N) is 2. The lowest BCUT2D eigenvalue weighted by Crippen LogP contribution is -2.33. The van der Waals surface area contributed by atoms with Gasteiger partial charge < -0.3 is 10.2 Å². The maximum atomic E-state index is 11.0. The van der Waals surface area contributed by atoms with Gasteiger partial charge in [0.1, 0.15) is 24.2 Å². The van der Waals surface area contributed by atoms with E-state index >= 15 is 0 Å². The number of unbranched alkanes of at least 4 members (excludes halogenated alkanes) is 7. The summed E-state index contributed by atoms with van der Waals surface area (Å²) in [6.45, 7) is 1.71. The quantitative estimate of drug-likeness (QED) is 0.408. The lowest BCUT2D eigenvalue weighted by molar-refractivity contribution is -0.697. The minimum atomic E-state index is -0.887. The molecule has 150 valence electrons. The molecule has 2 rings (SSSR count). The molecule has 0 amide bonds. The number of pyridine rings is 2. The Morgan fingerprint density at radius 3 is 1.36 bits per heavy atom. The van der Waals surface area contributed by atoms with Crippen molar-refractivity contribution in [1.29, 1.82) is 0 Å². The fourth-order valence-electron chi connectivity index (χ4n) is 3.22. The second kappa shape index (κ2) is 11.8. The first-order valence-corrected chi connectivity index (χ1v) is 10.0. The van der Waals surface area contributed by atoms with Crippen LogP contribution in [0.3, 0.4) is 0 Å². The van der Waals surface area contributed by atoms with Crippen LogP contribution >= 0.6 is 0 Å². The van der Waals surface area contributed by atoms with E-state index in [4.69, 9.17) is 10.2 Å². The number of aromatic carboxylic acids is 2. The first-order valence-electron chi connectivity index (χ1n) is 10.0. The second-order valence-electron chi connectivity index (χ2n) is 7.10. The number of rotatable bonds is 13. The third kappa shape index (κ3) is 7.86. The van der Waals surface area contributed by atoms with Gasteiger partial charge in [-0.25, -0.2) is 18.7 Å². The summed E-state index contributed by atoms with van der Waals surface area (Å²) in [7, 11) is 0. The van der Waals surface area contributed by atoms with Crippen LogP contribution in [0.5, 0.6) is 0 Å². The van der Waals surface area contributed by atoms with Crippen molar-refractivity contribution in [2.75, 3.05) is 0 Å². The zero-order chi connectivity index (χ0) is 20.2. The van der Waals surface area contributed by atoms with E-state index in [1.165, 1.54) is 25.7 Å². The summed E-state index contributed by atoms with van der Waals surface area (Å²) in [5.41, 5.74) is 0.658. The molecular weight excluding hydrogens is 356 g/mol. The molecular formula is C22H30N2O4+2. The molecule has 28 heavy (non-hydrogen) atoms. The summed E-state index contributed by atoms with van der Waals surface area (Å²) in [6.07, 6.45) is 16.5. The van der Waals surface area contributed by atoms with Gasteiger partial charge in [-0.05, 0) is 25.0 Å². The number of aromatic nitrogens is 2. The number of hydrogen-bond acceptors (Lipinski definition) is 2. The highest BCUT2D eigenvalue weighted by Gasteiger charge is 2.09. The minimum Gasteiger partial charge on any atom is -0.477 e. The summed E-state index contributed by atoms with van der Waals surface area (Å²) in [5.74, 6) is -1.77. The molecule has 0 aliphatic heterocycles. The van der Waals surface area contributed by atoms with Gasteiger partial charge in [-0.15, -0.1) is 0 Å². The van der Waals surface area contributed by atoms with Crippen LogP contribution in [0.4, 0.5) is 0 Å². The molecule has 0 saturated heterocycles. The summed E-state index contributed by atoms with van der Waals surface area (Å²) >= 11 is 0. The van der Waals surface area contributed by atoms with Crippen LogP contribution in [0.15, 0.2) is 49.1 Å². The predicted octanol–water partition coefficient (Wildman–Crippen LogP) is 3.48. The van der Waals surface area contributed by atoms with Crippen molar-refractivity contribution in [2.24, 2.45) is 0 Å². The van der Waals surface area contributed by atoms with Crippen molar-refractivity contribution in [2.45, 2.75) is 64.5 Å². The number of carboxylic acids is 2. The van der Waals surface area contributed by atoms with E-state index in [0.29, 0.717) is 11.1 Å². The maximum absolute atomic E-state index is 11.0. The summed E-state index contributed by atoms with van der Waals surface area (Å²) in [6, 6.07) is 6.78. The zero-order valence-corrected chi connectivity index (χ0v) is 16.3. The molecule has 0 aliphatic rings. The first-order chi connectivity index (χ1) is 13.6. The lowest BCUT2D eigenvalue weighted by Gasteiger charge is -2.02. The number of carbonyl (C=O) groups is 2. The normalized spacial score (nSPS) is 10.7. The Labute approximate surface area is 166 Å². The van der Waals surface area contributed by atoms with E-state index in [0.717, 1.165) is 38.8 Å². The van der Waals surface area contributed by atoms with Crippen molar-refractivity contribution < 1.29 is 28.9 Å². The molecule has 2 heterocycles. The highest BCUT2D eigenvalue weighted by Crippen LogP contribution is 2.09. The van der Waals surface area contributed by atoms with Gasteiger partial charge in [-0.1, -0.05) is 25.7 Å². The van der Waals surface area contributed by atoms with Gasteiger partial charge in [0.25, 0.3) is 0 Å². The van der Waals surface area contributed by atoms with Gasteiger partial charge in [-0.2, -0.15) is 0 Å². The van der Waals surface area contributed by atoms with Gasteiger partial charge in [-0.3, -0.25) is 0 Å². The highest BCUT2D eigenvalue weighted by atomic mass is 16.4. The molecule has 2 aromatic rings. The zero-order valence-electron chi connectivity index (χ0n) is 16.3. The second-order valence-corrected chi connectivity index (χ2v) is 7.10. The SMILES string of the molecule is O=C(O)c1ccc[n+](CCCCCCCCCC[n+]2cccc(C(=O)O)c2)c1. The van der Waals surface area contributed by atoms with Gasteiger partial charge in [0.15, 0.2) is 24.8 Å². The van der Waals surface area contributed by atoms with Crippen molar-refractivity contribution in [3.63, 3.8) is 0 Å². The fourth-order valence-corrected chi connectivity index (χ4v) is 3.22. The Kier molecular flexibility index (Phi) is 9.11. The van der Waals surface area contributed by atoms with Crippen LogP contribution in [0.25, 0.3) is 0 Å². The van der Waals surface area contributed by atoms with Crippen LogP contribution in [-0.2, 0) is 13.1 Å². The third-order valence-corrected chi connectivity index (χ3v) is 4.79. The predicted molar refractivity (Wildman–Crippen MR) is 104 cm³/mol. The lowest BCUT2D eigenvalue weighted by atomic mass is 10.1. The van der Waals surface area contributed by atoms with E-state index in [9.17, 15) is 9.59 Å². The van der Waals surface area contributed by atoms with Crippen molar-refractivity contribution >= 4 is 11.9 Å². The van der Waals surface area contributed by atoms with Crippen LogP contribution in [0.1, 0.15) is 72.1 Å². The monoisotopic (exact) mass is 386 g/mol. The van der Waals surface area contributed by atoms with Crippen molar-refractivity contribution in [3.05, 3.63) is 60.2 Å². The standard InChI is InChI=1S/C22H28N2O4/c25-21(26)19-11-9-15-23(17-19)13-7-5-3-1-2-4-6-8-14-24-16-10-12-20(18-24)22(27)28/h9-12,15-18H,1-8,13-14H2/p+2. The molecule has 0 spiro atoms. The van der Waals surface area contributed by atoms with Crippen molar-refractivity contribution in [3.8, 4) is 0 Å². The molecule has 6 heteroatoms. The highest BCUT2D eigenvalue weighted by molar-refractivity contribution is 5.87. The number of hydrogen-bond donors (Lipinski definition) is 2. The van der Waals surface area contributed by atoms with Crippen molar-refractivity contribution in [1.82, 2.24) is 0 Å². The van der Waals surface area contributed by atoms with Gasteiger partial charge in [0, 0.05) is 25.0 Å². The summed E-state index contributed by atoms with van der Waals surface area (Å²) < 4.78 is 3.89. The average Bonchev–Trinajstić information content (AvgIpc) is 2.69. The Balaban J connectivity index is 1.49. The molecule has 0 radical (unpaired) electrons. The topological polar surface area (TPSA) is 82.4 Å². The van der Waals surface area contributed by atoms with Gasteiger partial charge >= 0.3 is 11.9 Å². The molecule has 6 nitrogen and oxygen atoms in total. The smallest absolute Gasteiger partial charge is 0.341 e. The first kappa shape index (κ1) is 21.5.